The van der Waals surface area contributed by atoms with E-state index in [4.69, 9.17) is 10.5 Å². The molecule has 0 aromatic rings. The van der Waals surface area contributed by atoms with E-state index in [9.17, 15) is 0 Å². The zero-order valence-electron chi connectivity index (χ0n) is 5.90. The van der Waals surface area contributed by atoms with Crippen LogP contribution in [-0.4, -0.2) is 19.5 Å². The maximum atomic E-state index is 5.17. The number of rotatable bonds is 3. The third kappa shape index (κ3) is 3.05. The maximum Gasteiger partial charge on any atom is 0.158 e. The molecule has 48 valence electrons. The predicted molar refractivity (Wildman–Crippen MR) is 37.2 cm³/mol. The molecule has 0 amide bonds. The van der Waals surface area contributed by atoms with Gasteiger partial charge in [0.1, 0.15) is 0 Å². The highest BCUT2D eigenvalue weighted by molar-refractivity contribution is 6.37. The first-order valence-corrected chi connectivity index (χ1v) is 2.96. The summed E-state index contributed by atoms with van der Waals surface area (Å²) in [7, 11) is 1.00. The quantitative estimate of drug-likeness (QED) is 0.419. The minimum atomic E-state index is -0.0330. The van der Waals surface area contributed by atoms with Gasteiger partial charge in [-0.1, -0.05) is 6.82 Å². The van der Waals surface area contributed by atoms with Crippen LogP contribution in [0.3, 0.4) is 0 Å². The van der Waals surface area contributed by atoms with Gasteiger partial charge in [0.05, 0.1) is 6.73 Å². The zero-order valence-corrected chi connectivity index (χ0v) is 5.90. The van der Waals surface area contributed by atoms with Gasteiger partial charge in [-0.3, -0.25) is 0 Å². The molecule has 8 heavy (non-hydrogen) atoms. The van der Waals surface area contributed by atoms with Crippen molar-refractivity contribution in [2.75, 3.05) is 6.73 Å². The standard InChI is InChI=1S/C5H14BNO/c1-5(2,6-3)8-4-7/h6H,4,7H2,1-3H3. The van der Waals surface area contributed by atoms with Crippen molar-refractivity contribution in [3.63, 3.8) is 0 Å². The van der Waals surface area contributed by atoms with Crippen molar-refractivity contribution in [1.29, 1.82) is 0 Å². The highest BCUT2D eigenvalue weighted by Crippen LogP contribution is 2.03. The maximum absolute atomic E-state index is 5.17. The average molecular weight is 115 g/mol. The van der Waals surface area contributed by atoms with Crippen LogP contribution in [0.4, 0.5) is 0 Å². The van der Waals surface area contributed by atoms with Gasteiger partial charge in [-0.15, -0.1) is 0 Å². The number of hydrogen-bond donors (Lipinski definition) is 1. The summed E-state index contributed by atoms with van der Waals surface area (Å²) in [6.45, 7) is 6.45. The van der Waals surface area contributed by atoms with Crippen molar-refractivity contribution < 1.29 is 4.74 Å². The fraction of sp³-hybridized carbons (Fsp3) is 1.00. The van der Waals surface area contributed by atoms with Gasteiger partial charge in [0.15, 0.2) is 7.28 Å². The molecule has 2 N–H and O–H groups in total. The minimum absolute atomic E-state index is 0.0330. The molecule has 0 heterocycles. The Morgan fingerprint density at radius 3 is 2.25 bits per heavy atom. The molecule has 0 saturated carbocycles. The normalized spacial score (nSPS) is 11.5. The Morgan fingerprint density at radius 1 is 1.62 bits per heavy atom. The van der Waals surface area contributed by atoms with E-state index < -0.39 is 0 Å². The second kappa shape index (κ2) is 3.10. The van der Waals surface area contributed by atoms with Gasteiger partial charge >= 0.3 is 0 Å². The SMILES string of the molecule is CBC(C)(C)OCN. The van der Waals surface area contributed by atoms with E-state index in [1.54, 1.807) is 0 Å². The molecule has 0 unspecified atom stereocenters. The zero-order chi connectivity index (χ0) is 6.62. The summed E-state index contributed by atoms with van der Waals surface area (Å²) in [4.78, 5) is 0. The van der Waals surface area contributed by atoms with Gasteiger partial charge < -0.3 is 10.5 Å². The Hall–Kier alpha value is -0.0151. The molecular formula is C5H14BNO. The van der Waals surface area contributed by atoms with Crippen molar-refractivity contribution in [2.24, 2.45) is 5.73 Å². The molecule has 0 saturated heterocycles. The van der Waals surface area contributed by atoms with Crippen LogP contribution in [0.5, 0.6) is 0 Å². The summed E-state index contributed by atoms with van der Waals surface area (Å²) in [6, 6.07) is 0. The van der Waals surface area contributed by atoms with E-state index in [-0.39, 0.29) is 5.50 Å². The van der Waals surface area contributed by atoms with Crippen LogP contribution in [0.1, 0.15) is 13.8 Å². The van der Waals surface area contributed by atoms with Crippen molar-refractivity contribution >= 4 is 7.28 Å². The summed E-state index contributed by atoms with van der Waals surface area (Å²) in [5.41, 5.74) is 5.14. The molecule has 0 fully saturated rings. The first-order valence-electron chi connectivity index (χ1n) is 2.96. The molecule has 0 atom stereocenters. The lowest BCUT2D eigenvalue weighted by atomic mass is 9.65. The summed E-state index contributed by atoms with van der Waals surface area (Å²) in [5.74, 6) is 0. The van der Waals surface area contributed by atoms with E-state index in [1.807, 2.05) is 13.8 Å². The Labute approximate surface area is 51.6 Å². The van der Waals surface area contributed by atoms with E-state index >= 15 is 0 Å². The largest absolute Gasteiger partial charge is 0.369 e. The Morgan fingerprint density at radius 2 is 2.12 bits per heavy atom. The van der Waals surface area contributed by atoms with Gasteiger partial charge in [-0.05, 0) is 13.8 Å². The van der Waals surface area contributed by atoms with Crippen LogP contribution < -0.4 is 5.73 Å². The van der Waals surface area contributed by atoms with Crippen molar-refractivity contribution in [1.82, 2.24) is 0 Å². The topological polar surface area (TPSA) is 35.2 Å². The number of ether oxygens (including phenoxy) is 1. The van der Waals surface area contributed by atoms with Crippen LogP contribution in [0.2, 0.25) is 6.82 Å². The van der Waals surface area contributed by atoms with Crippen molar-refractivity contribution in [3.05, 3.63) is 0 Å². The molecule has 0 spiro atoms. The molecule has 0 aromatic heterocycles. The van der Waals surface area contributed by atoms with Gasteiger partial charge in [0.25, 0.3) is 0 Å². The van der Waals surface area contributed by atoms with Crippen LogP contribution in [0, 0.1) is 0 Å². The molecular weight excluding hydrogens is 101 g/mol. The second-order valence-corrected chi connectivity index (χ2v) is 2.42. The van der Waals surface area contributed by atoms with Gasteiger partial charge in [0, 0.05) is 5.50 Å². The minimum Gasteiger partial charge on any atom is -0.369 e. The number of hydrogen-bond acceptors (Lipinski definition) is 2. The molecule has 3 heteroatoms. The van der Waals surface area contributed by atoms with Crippen LogP contribution in [0.15, 0.2) is 0 Å². The lowest BCUT2D eigenvalue weighted by Gasteiger charge is -2.20. The first kappa shape index (κ1) is 7.98. The third-order valence-corrected chi connectivity index (χ3v) is 1.33. The number of nitrogens with two attached hydrogens (primary N) is 1. The van der Waals surface area contributed by atoms with E-state index in [0.717, 1.165) is 7.28 Å². The summed E-state index contributed by atoms with van der Waals surface area (Å²) in [5, 5.41) is 0. The Bertz CT molecular complexity index is 65.4. The van der Waals surface area contributed by atoms with E-state index in [2.05, 4.69) is 6.82 Å². The Kier molecular flexibility index (Phi) is 3.09. The third-order valence-electron chi connectivity index (χ3n) is 1.33. The molecule has 0 radical (unpaired) electrons. The molecule has 0 bridgehead atoms. The highest BCUT2D eigenvalue weighted by Gasteiger charge is 2.14. The van der Waals surface area contributed by atoms with Crippen LogP contribution in [-0.2, 0) is 4.74 Å². The van der Waals surface area contributed by atoms with Crippen molar-refractivity contribution in [3.8, 4) is 0 Å². The monoisotopic (exact) mass is 115 g/mol. The lowest BCUT2D eigenvalue weighted by molar-refractivity contribution is 0.0480. The molecule has 0 aliphatic carbocycles. The second-order valence-electron chi connectivity index (χ2n) is 2.42. The lowest BCUT2D eigenvalue weighted by Crippen LogP contribution is -2.32. The highest BCUT2D eigenvalue weighted by atomic mass is 16.5. The molecule has 0 aromatic carbocycles. The van der Waals surface area contributed by atoms with Gasteiger partial charge in [-0.2, -0.15) is 0 Å². The Balaban J connectivity index is 3.37. The van der Waals surface area contributed by atoms with E-state index in [0.29, 0.717) is 6.73 Å². The molecule has 0 rings (SSSR count). The van der Waals surface area contributed by atoms with Crippen LogP contribution >= 0.6 is 0 Å². The fourth-order valence-electron chi connectivity index (χ4n) is 0.328. The molecule has 0 aliphatic rings. The van der Waals surface area contributed by atoms with Gasteiger partial charge in [0.2, 0.25) is 0 Å². The fourth-order valence-corrected chi connectivity index (χ4v) is 0.328. The first-order chi connectivity index (χ1) is 3.62. The smallest absolute Gasteiger partial charge is 0.158 e. The van der Waals surface area contributed by atoms with Crippen LogP contribution in [0.25, 0.3) is 0 Å². The molecule has 2 nitrogen and oxygen atoms in total. The summed E-state index contributed by atoms with van der Waals surface area (Å²) < 4.78 is 5.16. The van der Waals surface area contributed by atoms with Gasteiger partial charge in [-0.25, -0.2) is 0 Å². The molecule has 0 aliphatic heterocycles. The average Bonchev–Trinajstić information content (AvgIpc) is 1.67. The predicted octanol–water partition coefficient (Wildman–Crippen LogP) is 0.140. The summed E-state index contributed by atoms with van der Waals surface area (Å²) >= 11 is 0. The van der Waals surface area contributed by atoms with E-state index in [1.165, 1.54) is 0 Å². The summed E-state index contributed by atoms with van der Waals surface area (Å²) in [6.07, 6.45) is 0. The van der Waals surface area contributed by atoms with Crippen molar-refractivity contribution in [2.45, 2.75) is 26.2 Å².